The maximum Gasteiger partial charge on any atom is 0.302 e. The zero-order chi connectivity index (χ0) is 21.0. The van der Waals surface area contributed by atoms with E-state index >= 15 is 0 Å². The van der Waals surface area contributed by atoms with Crippen LogP contribution in [0.5, 0.6) is 0 Å². The summed E-state index contributed by atoms with van der Waals surface area (Å²) in [5.74, 6) is 3.36. The van der Waals surface area contributed by atoms with E-state index in [4.69, 9.17) is 4.74 Å². The lowest BCUT2D eigenvalue weighted by molar-refractivity contribution is -0.149. The molecular formula is C26H40O3. The first kappa shape index (κ1) is 21.1. The van der Waals surface area contributed by atoms with E-state index in [-0.39, 0.29) is 28.8 Å². The summed E-state index contributed by atoms with van der Waals surface area (Å²) in [7, 11) is 0. The van der Waals surface area contributed by atoms with Crippen LogP contribution in [0, 0.1) is 40.4 Å². The van der Waals surface area contributed by atoms with Gasteiger partial charge in [-0.2, -0.15) is 0 Å². The number of hydrogen-bond donors (Lipinski definition) is 0. The summed E-state index contributed by atoms with van der Waals surface area (Å²) in [6, 6.07) is 0. The van der Waals surface area contributed by atoms with Gasteiger partial charge in [0.05, 0.1) is 0 Å². The maximum atomic E-state index is 13.0. The molecule has 0 aliphatic heterocycles. The first-order valence-electron chi connectivity index (χ1n) is 12.1. The summed E-state index contributed by atoms with van der Waals surface area (Å²) >= 11 is 0. The number of ketones is 1. The van der Waals surface area contributed by atoms with Gasteiger partial charge in [0.2, 0.25) is 0 Å². The quantitative estimate of drug-likeness (QED) is 0.422. The highest BCUT2D eigenvalue weighted by molar-refractivity contribution is 5.82. The third-order valence-electron chi connectivity index (χ3n) is 9.79. The summed E-state index contributed by atoms with van der Waals surface area (Å²) in [5, 5.41) is 0. The summed E-state index contributed by atoms with van der Waals surface area (Å²) in [6.45, 7) is 10.8. The number of hydrogen-bond acceptors (Lipinski definition) is 3. The Bertz CT molecular complexity index is 709. The molecule has 3 nitrogen and oxygen atoms in total. The summed E-state index contributed by atoms with van der Waals surface area (Å²) in [4.78, 5) is 24.4. The van der Waals surface area contributed by atoms with E-state index in [0.29, 0.717) is 24.0 Å². The number of carbonyl (C=O) groups is 2. The van der Waals surface area contributed by atoms with Gasteiger partial charge in [-0.3, -0.25) is 9.59 Å². The molecule has 4 rings (SSSR count). The van der Waals surface area contributed by atoms with Crippen LogP contribution in [-0.2, 0) is 14.3 Å². The van der Waals surface area contributed by atoms with Crippen LogP contribution in [0.25, 0.3) is 0 Å². The number of ether oxygens (including phenoxy) is 1. The Hall–Kier alpha value is -1.12. The molecule has 3 fully saturated rings. The molecule has 0 radical (unpaired) electrons. The first-order valence-corrected chi connectivity index (χ1v) is 12.1. The average molecular weight is 401 g/mol. The molecule has 0 N–H and O–H groups in total. The number of esters is 1. The molecule has 0 saturated heterocycles. The minimum atomic E-state index is -0.149. The Morgan fingerprint density at radius 3 is 2.55 bits per heavy atom. The van der Waals surface area contributed by atoms with Crippen LogP contribution < -0.4 is 0 Å². The predicted molar refractivity (Wildman–Crippen MR) is 115 cm³/mol. The maximum absolute atomic E-state index is 13.0. The van der Waals surface area contributed by atoms with Crippen molar-refractivity contribution in [3.05, 3.63) is 11.6 Å². The van der Waals surface area contributed by atoms with Crippen molar-refractivity contribution in [2.75, 3.05) is 0 Å². The number of carbonyl (C=O) groups excluding carboxylic acids is 2. The van der Waals surface area contributed by atoms with Crippen molar-refractivity contribution in [2.45, 2.75) is 98.5 Å². The predicted octanol–water partition coefficient (Wildman–Crippen LogP) is 6.11. The van der Waals surface area contributed by atoms with E-state index in [1.165, 1.54) is 26.2 Å². The Labute approximate surface area is 177 Å². The molecule has 162 valence electrons. The Morgan fingerprint density at radius 2 is 1.90 bits per heavy atom. The Morgan fingerprint density at radius 1 is 1.14 bits per heavy atom. The second-order valence-corrected chi connectivity index (χ2v) is 11.0. The standard InChI is InChI=1S/C26H40O3/c1-6-17-14-22-20-9-8-18-15-19(29-16(3)27)10-12-25(18,4)21(20)11-13-26(22,5)24(17)23(28)7-2/h8,17,19-22,24H,6-7,9-15H2,1-5H3/t17-,19+,20-,21-,22-,24-,25+,26+/m1/s1. The van der Waals surface area contributed by atoms with Crippen molar-refractivity contribution in [1.82, 2.24) is 0 Å². The van der Waals surface area contributed by atoms with Crippen LogP contribution in [0.3, 0.4) is 0 Å². The van der Waals surface area contributed by atoms with Crippen LogP contribution in [-0.4, -0.2) is 17.9 Å². The molecule has 29 heavy (non-hydrogen) atoms. The summed E-state index contributed by atoms with van der Waals surface area (Å²) in [6.07, 6.45) is 12.3. The molecular weight excluding hydrogens is 360 g/mol. The van der Waals surface area contributed by atoms with E-state index < -0.39 is 0 Å². The van der Waals surface area contributed by atoms with Gasteiger partial charge in [-0.25, -0.2) is 0 Å². The third kappa shape index (κ3) is 3.22. The normalized spacial score (nSPS) is 46.2. The topological polar surface area (TPSA) is 43.4 Å². The third-order valence-corrected chi connectivity index (χ3v) is 9.79. The van der Waals surface area contributed by atoms with Gasteiger partial charge in [0.1, 0.15) is 11.9 Å². The molecule has 0 aromatic heterocycles. The lowest BCUT2D eigenvalue weighted by Gasteiger charge is -2.58. The molecule has 0 heterocycles. The summed E-state index contributed by atoms with van der Waals surface area (Å²) < 4.78 is 5.57. The average Bonchev–Trinajstić information content (AvgIpc) is 2.99. The molecule has 0 amide bonds. The molecule has 0 aromatic carbocycles. The number of rotatable bonds is 4. The highest BCUT2D eigenvalue weighted by Gasteiger charge is 2.61. The molecule has 0 unspecified atom stereocenters. The van der Waals surface area contributed by atoms with Gasteiger partial charge in [0.25, 0.3) is 0 Å². The number of fused-ring (bicyclic) bond motifs is 5. The highest BCUT2D eigenvalue weighted by Crippen LogP contribution is 2.67. The lowest BCUT2D eigenvalue weighted by atomic mass is 9.47. The van der Waals surface area contributed by atoms with Crippen molar-refractivity contribution in [1.29, 1.82) is 0 Å². The highest BCUT2D eigenvalue weighted by atomic mass is 16.5. The van der Waals surface area contributed by atoms with E-state index in [1.807, 2.05) is 0 Å². The fourth-order valence-electron chi connectivity index (χ4n) is 8.39. The van der Waals surface area contributed by atoms with Crippen molar-refractivity contribution in [3.63, 3.8) is 0 Å². The number of Topliss-reactive ketones (excluding diaryl/α,β-unsaturated/α-hetero) is 1. The smallest absolute Gasteiger partial charge is 0.302 e. The van der Waals surface area contributed by atoms with Gasteiger partial charge in [0, 0.05) is 25.7 Å². The summed E-state index contributed by atoms with van der Waals surface area (Å²) in [5.41, 5.74) is 2.01. The van der Waals surface area contributed by atoms with E-state index in [1.54, 1.807) is 5.57 Å². The van der Waals surface area contributed by atoms with Crippen molar-refractivity contribution in [3.8, 4) is 0 Å². The SMILES string of the molecule is CCC(=O)[C@H]1[C@H](CC)C[C@@H]2[C@@H]3CC=C4C[C@@H](OC(C)=O)CC[C@]4(C)[C@@H]3CC[C@@]21C. The van der Waals surface area contributed by atoms with Gasteiger partial charge < -0.3 is 4.74 Å². The van der Waals surface area contributed by atoms with E-state index in [0.717, 1.165) is 43.9 Å². The molecule has 0 spiro atoms. The van der Waals surface area contributed by atoms with Crippen LogP contribution in [0.2, 0.25) is 0 Å². The van der Waals surface area contributed by atoms with Crippen molar-refractivity contribution < 1.29 is 14.3 Å². The largest absolute Gasteiger partial charge is 0.462 e. The zero-order valence-electron chi connectivity index (χ0n) is 19.1. The molecule has 8 atom stereocenters. The monoisotopic (exact) mass is 400 g/mol. The van der Waals surface area contributed by atoms with Crippen LogP contribution in [0.4, 0.5) is 0 Å². The molecule has 0 bridgehead atoms. The van der Waals surface area contributed by atoms with E-state index in [2.05, 4.69) is 33.8 Å². The van der Waals surface area contributed by atoms with Crippen LogP contribution >= 0.6 is 0 Å². The van der Waals surface area contributed by atoms with E-state index in [9.17, 15) is 9.59 Å². The fraction of sp³-hybridized carbons (Fsp3) is 0.846. The fourth-order valence-corrected chi connectivity index (χ4v) is 8.39. The van der Waals surface area contributed by atoms with Crippen molar-refractivity contribution in [2.24, 2.45) is 40.4 Å². The second kappa shape index (κ2) is 7.54. The van der Waals surface area contributed by atoms with Crippen LogP contribution in [0.1, 0.15) is 92.4 Å². The minimum Gasteiger partial charge on any atom is -0.462 e. The van der Waals surface area contributed by atoms with Crippen molar-refractivity contribution >= 4 is 11.8 Å². The zero-order valence-corrected chi connectivity index (χ0v) is 19.1. The molecule has 4 aliphatic carbocycles. The van der Waals surface area contributed by atoms with Gasteiger partial charge >= 0.3 is 5.97 Å². The van der Waals surface area contributed by atoms with Gasteiger partial charge in [-0.15, -0.1) is 0 Å². The van der Waals surface area contributed by atoms with Crippen LogP contribution in [0.15, 0.2) is 11.6 Å². The molecule has 3 heteroatoms. The molecule has 4 aliphatic rings. The van der Waals surface area contributed by atoms with Gasteiger partial charge in [0.15, 0.2) is 0 Å². The van der Waals surface area contributed by atoms with Gasteiger partial charge in [-0.1, -0.05) is 45.8 Å². The minimum absolute atomic E-state index is 0.0692. The second-order valence-electron chi connectivity index (χ2n) is 11.0. The number of allylic oxidation sites excluding steroid dienone is 1. The Kier molecular flexibility index (Phi) is 5.49. The lowest BCUT2D eigenvalue weighted by Crippen LogP contribution is -2.51. The Balaban J connectivity index is 1.61. The first-order chi connectivity index (χ1) is 13.7. The molecule has 0 aromatic rings. The van der Waals surface area contributed by atoms with Gasteiger partial charge in [-0.05, 0) is 73.0 Å². The molecule has 3 saturated carbocycles.